The van der Waals surface area contributed by atoms with Gasteiger partial charge in [0.05, 0.1) is 0 Å². The number of hydrogen-bond acceptors (Lipinski definition) is 4. The van der Waals surface area contributed by atoms with Crippen LogP contribution in [0.5, 0.6) is 0 Å². The Morgan fingerprint density at radius 2 is 1.88 bits per heavy atom. The van der Waals surface area contributed by atoms with Gasteiger partial charge < -0.3 is 4.57 Å². The molecule has 0 amide bonds. The summed E-state index contributed by atoms with van der Waals surface area (Å²) >= 11 is 7.31. The van der Waals surface area contributed by atoms with E-state index in [2.05, 4.69) is 11.6 Å². The van der Waals surface area contributed by atoms with E-state index in [9.17, 15) is 9.59 Å². The normalized spacial score (nSPS) is 11.1. The fraction of sp³-hybridized carbons (Fsp3) is 0.188. The molecule has 24 heavy (non-hydrogen) atoms. The zero-order valence-corrected chi connectivity index (χ0v) is 14.8. The first-order valence-corrected chi connectivity index (χ1v) is 8.34. The minimum Gasteiger partial charge on any atom is -0.309 e. The van der Waals surface area contributed by atoms with Crippen molar-refractivity contribution in [1.82, 2.24) is 18.7 Å². The topological polar surface area (TPSA) is 61.8 Å². The van der Waals surface area contributed by atoms with Gasteiger partial charge in [0, 0.05) is 30.6 Å². The lowest BCUT2D eigenvalue weighted by Gasteiger charge is -2.06. The van der Waals surface area contributed by atoms with Gasteiger partial charge in [0.1, 0.15) is 0 Å². The minimum atomic E-state index is -0.404. The highest BCUT2D eigenvalue weighted by Gasteiger charge is 2.19. The molecule has 3 rings (SSSR count). The van der Waals surface area contributed by atoms with Crippen LogP contribution in [0.25, 0.3) is 11.2 Å². The van der Waals surface area contributed by atoms with Gasteiger partial charge in [0.2, 0.25) is 0 Å². The molecule has 0 fully saturated rings. The maximum atomic E-state index is 12.5. The Hall–Kier alpha value is -2.25. The fourth-order valence-corrected chi connectivity index (χ4v) is 3.43. The third-order valence-corrected chi connectivity index (χ3v) is 4.90. The molecule has 0 unspecified atom stereocenters. The van der Waals surface area contributed by atoms with Crippen LogP contribution >= 0.6 is 23.4 Å². The zero-order valence-electron chi connectivity index (χ0n) is 13.2. The molecule has 8 heteroatoms. The van der Waals surface area contributed by atoms with Crippen LogP contribution in [0.3, 0.4) is 0 Å². The van der Waals surface area contributed by atoms with Crippen molar-refractivity contribution in [3.8, 4) is 0 Å². The summed E-state index contributed by atoms with van der Waals surface area (Å²) in [4.78, 5) is 30.1. The van der Waals surface area contributed by atoms with E-state index in [0.29, 0.717) is 27.9 Å². The maximum Gasteiger partial charge on any atom is 0.332 e. The number of aromatic nitrogens is 4. The lowest BCUT2D eigenvalue weighted by atomic mass is 10.4. The summed E-state index contributed by atoms with van der Waals surface area (Å²) in [6, 6.07) is 7.34. The standard InChI is InChI=1S/C16H15ClN4O2S/c1-4-9-21-12-13(19(2)16(23)20(3)14(12)22)18-15(21)24-11-7-5-10(17)6-8-11/h4-8H,1,9H2,2-3H3. The van der Waals surface area contributed by atoms with E-state index in [4.69, 9.17) is 11.6 Å². The lowest BCUT2D eigenvalue weighted by Crippen LogP contribution is -2.37. The molecule has 0 spiro atoms. The molecule has 2 aromatic heterocycles. The first-order chi connectivity index (χ1) is 11.4. The minimum absolute atomic E-state index is 0.362. The van der Waals surface area contributed by atoms with Crippen LogP contribution in [-0.4, -0.2) is 18.7 Å². The number of rotatable bonds is 4. The van der Waals surface area contributed by atoms with Gasteiger partial charge in [-0.05, 0) is 24.3 Å². The van der Waals surface area contributed by atoms with E-state index in [1.54, 1.807) is 29.8 Å². The number of aryl methyl sites for hydroxylation is 1. The van der Waals surface area contributed by atoms with Crippen molar-refractivity contribution in [2.75, 3.05) is 0 Å². The van der Waals surface area contributed by atoms with Crippen LogP contribution in [-0.2, 0) is 20.6 Å². The Labute approximate surface area is 147 Å². The van der Waals surface area contributed by atoms with Gasteiger partial charge in [-0.25, -0.2) is 9.78 Å². The molecule has 0 saturated heterocycles. The quantitative estimate of drug-likeness (QED) is 0.669. The number of fused-ring (bicyclic) bond motifs is 1. The fourth-order valence-electron chi connectivity index (χ4n) is 2.41. The van der Waals surface area contributed by atoms with E-state index >= 15 is 0 Å². The largest absolute Gasteiger partial charge is 0.332 e. The lowest BCUT2D eigenvalue weighted by molar-refractivity contribution is 0.700. The summed E-state index contributed by atoms with van der Waals surface area (Å²) in [5, 5.41) is 1.26. The number of benzene rings is 1. The molecule has 0 aliphatic rings. The van der Waals surface area contributed by atoms with Crippen LogP contribution < -0.4 is 11.2 Å². The van der Waals surface area contributed by atoms with Crippen molar-refractivity contribution in [1.29, 1.82) is 0 Å². The third-order valence-electron chi connectivity index (χ3n) is 3.65. The predicted octanol–water partition coefficient (Wildman–Crippen LogP) is 2.42. The predicted molar refractivity (Wildman–Crippen MR) is 96.0 cm³/mol. The van der Waals surface area contributed by atoms with Gasteiger partial charge in [0.15, 0.2) is 16.3 Å². The second-order valence-corrected chi connectivity index (χ2v) is 6.70. The van der Waals surface area contributed by atoms with Crippen molar-refractivity contribution >= 4 is 34.5 Å². The number of halogens is 1. The Kier molecular flexibility index (Phi) is 4.38. The SMILES string of the molecule is C=CCn1c(Sc2ccc(Cl)cc2)nc2c1c(=O)n(C)c(=O)n2C. The molecule has 2 heterocycles. The summed E-state index contributed by atoms with van der Waals surface area (Å²) in [6.45, 7) is 4.16. The highest BCUT2D eigenvalue weighted by atomic mass is 35.5. The van der Waals surface area contributed by atoms with E-state index in [-0.39, 0.29) is 5.56 Å². The molecule has 3 aromatic rings. The third kappa shape index (κ3) is 2.70. The van der Waals surface area contributed by atoms with E-state index in [1.165, 1.54) is 23.4 Å². The second kappa shape index (κ2) is 6.33. The monoisotopic (exact) mass is 362 g/mol. The van der Waals surface area contributed by atoms with Crippen molar-refractivity contribution in [2.45, 2.75) is 16.6 Å². The molecular formula is C16H15ClN4O2S. The number of allylic oxidation sites excluding steroid dienone is 1. The first-order valence-electron chi connectivity index (χ1n) is 7.14. The molecule has 124 valence electrons. The van der Waals surface area contributed by atoms with Crippen LogP contribution in [0.4, 0.5) is 0 Å². The van der Waals surface area contributed by atoms with Crippen molar-refractivity contribution in [2.24, 2.45) is 14.1 Å². The Balaban J connectivity index is 2.26. The molecule has 6 nitrogen and oxygen atoms in total. The van der Waals surface area contributed by atoms with Crippen molar-refractivity contribution in [3.05, 3.63) is 62.8 Å². The van der Waals surface area contributed by atoms with Crippen molar-refractivity contribution < 1.29 is 0 Å². The molecule has 0 saturated carbocycles. The van der Waals surface area contributed by atoms with Crippen LogP contribution in [0.1, 0.15) is 0 Å². The van der Waals surface area contributed by atoms with Gasteiger partial charge in [-0.3, -0.25) is 13.9 Å². The maximum absolute atomic E-state index is 12.5. The van der Waals surface area contributed by atoms with Crippen molar-refractivity contribution in [3.63, 3.8) is 0 Å². The average molecular weight is 363 g/mol. The van der Waals surface area contributed by atoms with Crippen LogP contribution in [0, 0.1) is 0 Å². The number of hydrogen-bond donors (Lipinski definition) is 0. The summed E-state index contributed by atoms with van der Waals surface area (Å²) in [5.74, 6) is 0. The molecule has 0 aliphatic heterocycles. The average Bonchev–Trinajstić information content (AvgIpc) is 2.92. The molecule has 0 bridgehead atoms. The molecule has 0 atom stereocenters. The highest BCUT2D eigenvalue weighted by molar-refractivity contribution is 7.99. The van der Waals surface area contributed by atoms with Gasteiger partial charge in [0.25, 0.3) is 5.56 Å². The van der Waals surface area contributed by atoms with Crippen LogP contribution in [0.2, 0.25) is 5.02 Å². The second-order valence-electron chi connectivity index (χ2n) is 5.23. The van der Waals surface area contributed by atoms with Gasteiger partial charge >= 0.3 is 5.69 Å². The Morgan fingerprint density at radius 3 is 2.50 bits per heavy atom. The Morgan fingerprint density at radius 1 is 1.21 bits per heavy atom. The summed E-state index contributed by atoms with van der Waals surface area (Å²) < 4.78 is 4.23. The van der Waals surface area contributed by atoms with Gasteiger partial charge in [-0.15, -0.1) is 6.58 Å². The molecule has 0 radical (unpaired) electrons. The van der Waals surface area contributed by atoms with E-state index < -0.39 is 5.69 Å². The Bertz CT molecular complexity index is 1050. The molecule has 1 aromatic carbocycles. The first kappa shape index (κ1) is 16.6. The smallest absolute Gasteiger partial charge is 0.309 e. The highest BCUT2D eigenvalue weighted by Crippen LogP contribution is 2.29. The zero-order chi connectivity index (χ0) is 17.4. The molecule has 0 aliphatic carbocycles. The number of imidazole rings is 1. The van der Waals surface area contributed by atoms with E-state index in [1.807, 2.05) is 12.1 Å². The van der Waals surface area contributed by atoms with E-state index in [0.717, 1.165) is 9.46 Å². The van der Waals surface area contributed by atoms with Gasteiger partial charge in [-0.1, -0.05) is 29.4 Å². The summed E-state index contributed by atoms with van der Waals surface area (Å²) in [6.07, 6.45) is 1.69. The molecule has 0 N–H and O–H groups in total. The summed E-state index contributed by atoms with van der Waals surface area (Å²) in [7, 11) is 3.06. The van der Waals surface area contributed by atoms with Gasteiger partial charge in [-0.2, -0.15) is 0 Å². The molecular weight excluding hydrogens is 348 g/mol. The van der Waals surface area contributed by atoms with Crippen LogP contribution in [0.15, 0.2) is 56.6 Å². The number of nitrogens with zero attached hydrogens (tertiary/aromatic N) is 4. The summed E-state index contributed by atoms with van der Waals surface area (Å²) in [5.41, 5.74) is -0.0263.